The first-order valence-electron chi connectivity index (χ1n) is 9.48. The summed E-state index contributed by atoms with van der Waals surface area (Å²) in [7, 11) is 4.10. The van der Waals surface area contributed by atoms with Gasteiger partial charge in [-0.05, 0) is 57.5 Å². The van der Waals surface area contributed by atoms with Crippen molar-refractivity contribution in [1.29, 1.82) is 0 Å². The molecule has 0 bridgehead atoms. The van der Waals surface area contributed by atoms with Gasteiger partial charge in [-0.2, -0.15) is 0 Å². The third kappa shape index (κ3) is 4.94. The van der Waals surface area contributed by atoms with Gasteiger partial charge in [0.25, 0.3) is 0 Å². The van der Waals surface area contributed by atoms with Crippen LogP contribution in [-0.4, -0.2) is 73.6 Å². The van der Waals surface area contributed by atoms with Gasteiger partial charge >= 0.3 is 0 Å². The molecule has 1 atom stereocenters. The molecule has 140 valence electrons. The molecule has 5 heteroatoms. The summed E-state index contributed by atoms with van der Waals surface area (Å²) >= 11 is 0. The van der Waals surface area contributed by atoms with Gasteiger partial charge in [0.1, 0.15) is 12.4 Å². The minimum absolute atomic E-state index is 0.286. The van der Waals surface area contributed by atoms with Gasteiger partial charge in [-0.1, -0.05) is 12.1 Å². The summed E-state index contributed by atoms with van der Waals surface area (Å²) in [5, 5.41) is 10.4. The van der Waals surface area contributed by atoms with E-state index in [1.54, 1.807) is 0 Å². The van der Waals surface area contributed by atoms with Crippen molar-refractivity contribution in [3.8, 4) is 5.75 Å². The average molecular weight is 348 g/mol. The summed E-state index contributed by atoms with van der Waals surface area (Å²) in [5.41, 5.74) is 0.995. The Balaban J connectivity index is 1.50. The first-order chi connectivity index (χ1) is 12.1. The second-order valence-electron chi connectivity index (χ2n) is 7.65. The van der Waals surface area contributed by atoms with Gasteiger partial charge in [0.05, 0.1) is 11.7 Å². The van der Waals surface area contributed by atoms with E-state index < -0.39 is 0 Å². The molecule has 0 aliphatic carbocycles. The van der Waals surface area contributed by atoms with Crippen LogP contribution in [0.1, 0.15) is 31.2 Å². The molecule has 2 fully saturated rings. The maximum atomic E-state index is 10.4. The van der Waals surface area contributed by atoms with Gasteiger partial charge < -0.3 is 19.5 Å². The molecule has 5 nitrogen and oxygen atoms in total. The van der Waals surface area contributed by atoms with E-state index >= 15 is 0 Å². The molecule has 1 N–H and O–H groups in total. The lowest BCUT2D eigenvalue weighted by Gasteiger charge is -2.46. The monoisotopic (exact) mass is 348 g/mol. The lowest BCUT2D eigenvalue weighted by atomic mass is 9.82. The minimum Gasteiger partial charge on any atom is -0.492 e. The lowest BCUT2D eigenvalue weighted by molar-refractivity contribution is -0.177. The third-order valence-corrected chi connectivity index (χ3v) is 5.43. The fourth-order valence-corrected chi connectivity index (χ4v) is 3.82. The Kier molecular flexibility index (Phi) is 6.34. The Bertz CT molecular complexity index is 541. The van der Waals surface area contributed by atoms with E-state index in [1.807, 2.05) is 6.07 Å². The molecule has 1 aromatic rings. The maximum absolute atomic E-state index is 10.4. The number of rotatable bonds is 6. The molecule has 25 heavy (non-hydrogen) atoms. The van der Waals surface area contributed by atoms with Crippen LogP contribution in [0.2, 0.25) is 0 Å². The van der Waals surface area contributed by atoms with E-state index in [0.29, 0.717) is 6.61 Å². The Morgan fingerprint density at radius 2 is 2.12 bits per heavy atom. The highest BCUT2D eigenvalue weighted by Gasteiger charge is 2.43. The highest BCUT2D eigenvalue weighted by atomic mass is 16.5. The van der Waals surface area contributed by atoms with Crippen molar-refractivity contribution in [2.45, 2.75) is 43.9 Å². The fourth-order valence-electron chi connectivity index (χ4n) is 3.82. The standard InChI is InChI=1S/C20H32N2O3/c1-21(2)12-14-24-18-6-3-5-17(15-18)16-22-10-8-20(9-11-22)19(23)7-4-13-25-20/h3,5-6,15,19,23H,4,7-14,16H2,1-2H3. The van der Waals surface area contributed by atoms with Crippen molar-refractivity contribution in [2.75, 3.05) is 46.9 Å². The zero-order valence-electron chi connectivity index (χ0n) is 15.6. The Morgan fingerprint density at radius 3 is 2.84 bits per heavy atom. The predicted octanol–water partition coefficient (Wildman–Crippen LogP) is 2.13. The number of aliphatic hydroxyl groups excluding tert-OH is 1. The van der Waals surface area contributed by atoms with Crippen molar-refractivity contribution in [2.24, 2.45) is 0 Å². The molecule has 1 spiro atoms. The lowest BCUT2D eigenvalue weighted by Crippen LogP contribution is -2.55. The van der Waals surface area contributed by atoms with Gasteiger partial charge in [-0.25, -0.2) is 0 Å². The van der Waals surface area contributed by atoms with Gasteiger partial charge in [0.15, 0.2) is 0 Å². The summed E-state index contributed by atoms with van der Waals surface area (Å²) in [5.74, 6) is 0.943. The Labute approximate surface area is 151 Å². The Hall–Kier alpha value is -1.14. The van der Waals surface area contributed by atoms with E-state index in [-0.39, 0.29) is 11.7 Å². The van der Waals surface area contributed by atoms with Crippen LogP contribution in [0.3, 0.4) is 0 Å². The van der Waals surface area contributed by atoms with Gasteiger partial charge in [0, 0.05) is 32.8 Å². The third-order valence-electron chi connectivity index (χ3n) is 5.43. The summed E-state index contributed by atoms with van der Waals surface area (Å²) in [6.45, 7) is 5.30. The van der Waals surface area contributed by atoms with Gasteiger partial charge in [0.2, 0.25) is 0 Å². The maximum Gasteiger partial charge on any atom is 0.119 e. The molecule has 0 radical (unpaired) electrons. The molecule has 0 aromatic heterocycles. The number of likely N-dealkylation sites (tertiary alicyclic amines) is 1. The molecule has 2 heterocycles. The SMILES string of the molecule is CN(C)CCOc1cccc(CN2CCC3(CC2)OCCCC3O)c1. The molecular weight excluding hydrogens is 316 g/mol. The molecule has 1 unspecified atom stereocenters. The van der Waals surface area contributed by atoms with Gasteiger partial charge in [-0.3, -0.25) is 4.90 Å². The number of piperidine rings is 1. The fraction of sp³-hybridized carbons (Fsp3) is 0.700. The summed E-state index contributed by atoms with van der Waals surface area (Å²) < 4.78 is 11.8. The van der Waals surface area contributed by atoms with Gasteiger partial charge in [-0.15, -0.1) is 0 Å². The minimum atomic E-state index is -0.295. The van der Waals surface area contributed by atoms with Crippen molar-refractivity contribution >= 4 is 0 Å². The van der Waals surface area contributed by atoms with Crippen LogP contribution in [0.15, 0.2) is 24.3 Å². The van der Waals surface area contributed by atoms with E-state index in [2.05, 4.69) is 42.1 Å². The van der Waals surface area contributed by atoms with Crippen LogP contribution in [0, 0.1) is 0 Å². The van der Waals surface area contributed by atoms with Crippen LogP contribution < -0.4 is 4.74 Å². The largest absolute Gasteiger partial charge is 0.492 e. The topological polar surface area (TPSA) is 45.2 Å². The first-order valence-corrected chi connectivity index (χ1v) is 9.48. The number of hydrogen-bond donors (Lipinski definition) is 1. The molecule has 2 aliphatic heterocycles. The number of benzene rings is 1. The van der Waals surface area contributed by atoms with Crippen LogP contribution >= 0.6 is 0 Å². The smallest absolute Gasteiger partial charge is 0.119 e. The van der Waals surface area contributed by atoms with Crippen molar-refractivity contribution in [1.82, 2.24) is 9.80 Å². The molecule has 0 amide bonds. The summed E-state index contributed by atoms with van der Waals surface area (Å²) in [6.07, 6.45) is 3.41. The van der Waals surface area contributed by atoms with E-state index in [4.69, 9.17) is 9.47 Å². The zero-order chi connectivity index (χ0) is 17.7. The van der Waals surface area contributed by atoms with Crippen molar-refractivity contribution < 1.29 is 14.6 Å². The summed E-state index contributed by atoms with van der Waals surface area (Å²) in [4.78, 5) is 4.57. The average Bonchev–Trinajstić information content (AvgIpc) is 2.60. The first kappa shape index (κ1) is 18.6. The number of ether oxygens (including phenoxy) is 2. The predicted molar refractivity (Wildman–Crippen MR) is 98.9 cm³/mol. The summed E-state index contributed by atoms with van der Waals surface area (Å²) in [6, 6.07) is 8.40. The van der Waals surface area contributed by atoms with E-state index in [9.17, 15) is 5.11 Å². The second kappa shape index (κ2) is 8.49. The Morgan fingerprint density at radius 1 is 1.32 bits per heavy atom. The molecule has 1 aromatic carbocycles. The van der Waals surface area contributed by atoms with Crippen LogP contribution in [-0.2, 0) is 11.3 Å². The van der Waals surface area contributed by atoms with Crippen molar-refractivity contribution in [3.63, 3.8) is 0 Å². The molecular formula is C20H32N2O3. The number of hydrogen-bond acceptors (Lipinski definition) is 5. The zero-order valence-corrected chi connectivity index (χ0v) is 15.6. The quantitative estimate of drug-likeness (QED) is 0.853. The molecule has 2 aliphatic rings. The highest BCUT2D eigenvalue weighted by Crippen LogP contribution is 2.35. The molecule has 0 saturated carbocycles. The molecule has 3 rings (SSSR count). The van der Waals surface area contributed by atoms with Crippen LogP contribution in [0.5, 0.6) is 5.75 Å². The van der Waals surface area contributed by atoms with Crippen molar-refractivity contribution in [3.05, 3.63) is 29.8 Å². The second-order valence-corrected chi connectivity index (χ2v) is 7.65. The number of aliphatic hydroxyl groups is 1. The number of likely N-dealkylation sites (N-methyl/N-ethyl adjacent to an activating group) is 1. The highest BCUT2D eigenvalue weighted by molar-refractivity contribution is 5.28. The number of nitrogens with zero attached hydrogens (tertiary/aromatic N) is 2. The van der Waals surface area contributed by atoms with Crippen LogP contribution in [0.4, 0.5) is 0 Å². The normalized spacial score (nSPS) is 23.9. The van der Waals surface area contributed by atoms with Crippen LogP contribution in [0.25, 0.3) is 0 Å². The van der Waals surface area contributed by atoms with E-state index in [1.165, 1.54) is 5.56 Å². The van der Waals surface area contributed by atoms with E-state index in [0.717, 1.165) is 64.2 Å². The molecule has 2 saturated heterocycles.